The van der Waals surface area contributed by atoms with Crippen LogP contribution < -0.4 is 0 Å². The van der Waals surface area contributed by atoms with Crippen LogP contribution in [0.25, 0.3) is 0 Å². The Morgan fingerprint density at radius 3 is 3.00 bits per heavy atom. The van der Waals surface area contributed by atoms with Gasteiger partial charge < -0.3 is 9.47 Å². The highest BCUT2D eigenvalue weighted by Gasteiger charge is 2.21. The van der Waals surface area contributed by atoms with Crippen LogP contribution in [0.15, 0.2) is 0 Å². The van der Waals surface area contributed by atoms with Crippen LogP contribution in [0.2, 0.25) is 0 Å². The Morgan fingerprint density at radius 2 is 2.42 bits per heavy atom. The minimum absolute atomic E-state index is 0.00912. The van der Waals surface area contributed by atoms with Crippen molar-refractivity contribution in [2.75, 3.05) is 6.61 Å². The average Bonchev–Trinajstić information content (AvgIpc) is 2.01. The standard InChI is InChI=1S/C8H13ClO3/c1-6(10)11-5-7-3-2-4-8(9)12-7/h7-8H,2-5H2,1H3/t7-,8-/m1/s1. The fourth-order valence-corrected chi connectivity index (χ4v) is 1.48. The molecule has 1 aliphatic heterocycles. The maximum absolute atomic E-state index is 10.5. The number of esters is 1. The van der Waals surface area contributed by atoms with E-state index in [1.165, 1.54) is 6.92 Å². The molecular weight excluding hydrogens is 180 g/mol. The summed E-state index contributed by atoms with van der Waals surface area (Å²) < 4.78 is 10.1. The lowest BCUT2D eigenvalue weighted by Crippen LogP contribution is -2.28. The van der Waals surface area contributed by atoms with Gasteiger partial charge >= 0.3 is 5.97 Å². The van der Waals surface area contributed by atoms with E-state index in [2.05, 4.69) is 0 Å². The van der Waals surface area contributed by atoms with Crippen LogP contribution in [-0.2, 0) is 14.3 Å². The number of ether oxygens (including phenoxy) is 2. The zero-order valence-electron chi connectivity index (χ0n) is 7.09. The molecule has 0 unspecified atom stereocenters. The van der Waals surface area contributed by atoms with Crippen molar-refractivity contribution in [1.82, 2.24) is 0 Å². The number of rotatable bonds is 2. The van der Waals surface area contributed by atoms with E-state index in [-0.39, 0.29) is 17.6 Å². The maximum atomic E-state index is 10.5. The molecule has 0 amide bonds. The van der Waals surface area contributed by atoms with Crippen molar-refractivity contribution in [3.63, 3.8) is 0 Å². The molecule has 0 aromatic rings. The van der Waals surface area contributed by atoms with Crippen molar-refractivity contribution in [3.8, 4) is 0 Å². The molecule has 3 nitrogen and oxygen atoms in total. The van der Waals surface area contributed by atoms with Gasteiger partial charge in [-0.1, -0.05) is 11.6 Å². The maximum Gasteiger partial charge on any atom is 0.302 e. The predicted molar refractivity (Wildman–Crippen MR) is 45.0 cm³/mol. The number of carbonyl (C=O) groups is 1. The van der Waals surface area contributed by atoms with Gasteiger partial charge in [0.1, 0.15) is 12.2 Å². The van der Waals surface area contributed by atoms with Crippen molar-refractivity contribution in [3.05, 3.63) is 0 Å². The van der Waals surface area contributed by atoms with Crippen molar-refractivity contribution in [2.45, 2.75) is 37.9 Å². The highest BCUT2D eigenvalue weighted by molar-refractivity contribution is 6.19. The molecule has 0 saturated carbocycles. The lowest BCUT2D eigenvalue weighted by Gasteiger charge is -2.25. The minimum Gasteiger partial charge on any atom is -0.463 e. The second-order valence-corrected chi connectivity index (χ2v) is 3.39. The number of hydrogen-bond acceptors (Lipinski definition) is 3. The number of hydrogen-bond donors (Lipinski definition) is 0. The topological polar surface area (TPSA) is 35.5 Å². The van der Waals surface area contributed by atoms with Crippen LogP contribution in [0.4, 0.5) is 0 Å². The fraction of sp³-hybridized carbons (Fsp3) is 0.875. The summed E-state index contributed by atoms with van der Waals surface area (Å²) in [4.78, 5) is 10.5. The van der Waals surface area contributed by atoms with E-state index in [0.29, 0.717) is 6.61 Å². The van der Waals surface area contributed by atoms with Crippen molar-refractivity contribution >= 4 is 17.6 Å². The van der Waals surface area contributed by atoms with Crippen LogP contribution in [0, 0.1) is 0 Å². The van der Waals surface area contributed by atoms with Gasteiger partial charge in [-0.25, -0.2) is 0 Å². The quantitative estimate of drug-likeness (QED) is 0.493. The molecule has 1 saturated heterocycles. The van der Waals surface area contributed by atoms with Crippen LogP contribution in [0.1, 0.15) is 26.2 Å². The van der Waals surface area contributed by atoms with E-state index < -0.39 is 0 Å². The van der Waals surface area contributed by atoms with Crippen LogP contribution in [0.5, 0.6) is 0 Å². The van der Waals surface area contributed by atoms with Gasteiger partial charge in [-0.15, -0.1) is 0 Å². The molecule has 1 rings (SSSR count). The number of halogens is 1. The summed E-state index contributed by atoms with van der Waals surface area (Å²) in [5, 5.41) is 0. The zero-order valence-corrected chi connectivity index (χ0v) is 7.84. The Balaban J connectivity index is 2.18. The van der Waals surface area contributed by atoms with E-state index in [0.717, 1.165) is 19.3 Å². The Bertz CT molecular complexity index is 160. The fourth-order valence-electron chi connectivity index (χ4n) is 1.18. The summed E-state index contributed by atoms with van der Waals surface area (Å²) in [6.45, 7) is 1.72. The molecule has 0 spiro atoms. The third-order valence-electron chi connectivity index (χ3n) is 1.77. The molecule has 0 aromatic heterocycles. The molecule has 0 bridgehead atoms. The molecule has 1 fully saturated rings. The van der Waals surface area contributed by atoms with Gasteiger partial charge in [0.2, 0.25) is 0 Å². The monoisotopic (exact) mass is 192 g/mol. The third-order valence-corrected chi connectivity index (χ3v) is 2.09. The van der Waals surface area contributed by atoms with Gasteiger partial charge in [0.05, 0.1) is 6.10 Å². The smallest absolute Gasteiger partial charge is 0.302 e. The predicted octanol–water partition coefficient (Wildman–Crippen LogP) is 1.68. The summed E-state index contributed by atoms with van der Waals surface area (Å²) in [6, 6.07) is 0. The Morgan fingerprint density at radius 1 is 1.67 bits per heavy atom. The summed E-state index contributed by atoms with van der Waals surface area (Å²) in [5.74, 6) is -0.268. The highest BCUT2D eigenvalue weighted by atomic mass is 35.5. The molecule has 0 aromatic carbocycles. The lowest BCUT2D eigenvalue weighted by atomic mass is 10.1. The Labute approximate surface area is 77.0 Å². The molecule has 12 heavy (non-hydrogen) atoms. The molecule has 1 aliphatic rings. The van der Waals surface area contributed by atoms with Gasteiger partial charge in [0, 0.05) is 6.92 Å². The summed E-state index contributed by atoms with van der Waals surface area (Å²) in [6.07, 6.45) is 2.85. The zero-order chi connectivity index (χ0) is 8.97. The molecule has 1 heterocycles. The molecule has 0 N–H and O–H groups in total. The summed E-state index contributed by atoms with van der Waals surface area (Å²) >= 11 is 5.76. The van der Waals surface area contributed by atoms with E-state index in [4.69, 9.17) is 21.1 Å². The van der Waals surface area contributed by atoms with Gasteiger partial charge in [-0.2, -0.15) is 0 Å². The van der Waals surface area contributed by atoms with Crippen LogP contribution >= 0.6 is 11.6 Å². The first-order valence-electron chi connectivity index (χ1n) is 4.11. The molecular formula is C8H13ClO3. The number of alkyl halides is 1. The van der Waals surface area contributed by atoms with Gasteiger partial charge in [0.15, 0.2) is 0 Å². The van der Waals surface area contributed by atoms with Crippen molar-refractivity contribution < 1.29 is 14.3 Å². The Hall–Kier alpha value is -0.280. The summed E-state index contributed by atoms with van der Waals surface area (Å²) in [7, 11) is 0. The highest BCUT2D eigenvalue weighted by Crippen LogP contribution is 2.21. The number of carbonyl (C=O) groups excluding carboxylic acids is 1. The Kier molecular flexibility index (Phi) is 3.82. The van der Waals surface area contributed by atoms with E-state index in [9.17, 15) is 4.79 Å². The SMILES string of the molecule is CC(=O)OC[C@H]1CCC[C@H](Cl)O1. The molecule has 2 atom stereocenters. The average molecular weight is 193 g/mol. The van der Waals surface area contributed by atoms with Gasteiger partial charge in [0.25, 0.3) is 0 Å². The molecule has 0 aliphatic carbocycles. The van der Waals surface area contributed by atoms with Crippen LogP contribution in [-0.4, -0.2) is 24.2 Å². The first kappa shape index (κ1) is 9.81. The van der Waals surface area contributed by atoms with Gasteiger partial charge in [-0.3, -0.25) is 4.79 Å². The third kappa shape index (κ3) is 3.41. The van der Waals surface area contributed by atoms with E-state index >= 15 is 0 Å². The molecule has 0 radical (unpaired) electrons. The van der Waals surface area contributed by atoms with Crippen molar-refractivity contribution in [1.29, 1.82) is 0 Å². The minimum atomic E-state index is -0.268. The summed E-state index contributed by atoms with van der Waals surface area (Å²) in [5.41, 5.74) is -0.209. The lowest BCUT2D eigenvalue weighted by molar-refractivity contribution is -0.147. The first-order valence-corrected chi connectivity index (χ1v) is 4.55. The second kappa shape index (κ2) is 4.67. The van der Waals surface area contributed by atoms with Gasteiger partial charge in [-0.05, 0) is 19.3 Å². The van der Waals surface area contributed by atoms with Crippen LogP contribution in [0.3, 0.4) is 0 Å². The van der Waals surface area contributed by atoms with E-state index in [1.807, 2.05) is 0 Å². The van der Waals surface area contributed by atoms with Crippen molar-refractivity contribution in [2.24, 2.45) is 0 Å². The molecule has 4 heteroatoms. The van der Waals surface area contributed by atoms with E-state index in [1.54, 1.807) is 0 Å². The second-order valence-electron chi connectivity index (χ2n) is 2.90. The largest absolute Gasteiger partial charge is 0.463 e. The first-order chi connectivity index (χ1) is 5.68. The molecule has 70 valence electrons. The normalized spacial score (nSPS) is 29.8.